The highest BCUT2D eigenvalue weighted by Gasteiger charge is 2.28. The van der Waals surface area contributed by atoms with Crippen LogP contribution in [0.5, 0.6) is 0 Å². The lowest BCUT2D eigenvalue weighted by molar-refractivity contribution is 0.440. The minimum atomic E-state index is 0.250. The Morgan fingerprint density at radius 3 is 2.80 bits per heavy atom. The average molecular weight is 356 g/mol. The van der Waals surface area contributed by atoms with Gasteiger partial charge < -0.3 is 15.2 Å². The Kier molecular flexibility index (Phi) is 4.95. The summed E-state index contributed by atoms with van der Waals surface area (Å²) in [5.74, 6) is 1.10. The maximum Gasteiger partial charge on any atom is 0.134 e. The Labute approximate surface area is 152 Å². The number of nitrogens with one attached hydrogen (secondary N) is 2. The van der Waals surface area contributed by atoms with Gasteiger partial charge in [-0.15, -0.1) is 0 Å². The Balaban J connectivity index is 2.17. The van der Waals surface area contributed by atoms with Gasteiger partial charge in [0.25, 0.3) is 0 Å². The first-order valence-corrected chi connectivity index (χ1v) is 8.57. The normalized spacial score (nSPS) is 17.6. The SMILES string of the molecule is C=N/C=C(/C(C)C)N1CC(=NC)NC(c2c[nH]c3ccccc23)=C1Cl. The molecule has 6 heteroatoms. The Bertz CT molecular complexity index is 888. The molecule has 25 heavy (non-hydrogen) atoms. The maximum atomic E-state index is 6.81. The number of rotatable bonds is 4. The van der Waals surface area contributed by atoms with Crippen molar-refractivity contribution in [3.63, 3.8) is 0 Å². The molecule has 1 aromatic heterocycles. The average Bonchev–Trinajstić information content (AvgIpc) is 3.04. The molecule has 1 aromatic carbocycles. The number of hydrogen-bond acceptors (Lipinski definition) is 3. The van der Waals surface area contributed by atoms with Crippen LogP contribution in [-0.4, -0.2) is 36.0 Å². The molecule has 0 aliphatic carbocycles. The third-order valence-corrected chi connectivity index (χ3v) is 4.67. The zero-order valence-electron chi connectivity index (χ0n) is 14.7. The summed E-state index contributed by atoms with van der Waals surface area (Å²) in [5, 5.41) is 5.11. The smallest absolute Gasteiger partial charge is 0.134 e. The second kappa shape index (κ2) is 7.15. The molecule has 0 atom stereocenters. The van der Waals surface area contributed by atoms with E-state index in [0.717, 1.165) is 33.7 Å². The predicted octanol–water partition coefficient (Wildman–Crippen LogP) is 4.16. The standard InChI is InChI=1S/C19H22ClN5/c1-12(2)16(10-21-3)25-11-17(22-4)24-18(19(25)20)14-9-23-15-8-6-5-7-13(14)15/h5-10,12,23H,3,11H2,1-2,4H3,(H,22,24)/b16-10-. The molecule has 3 rings (SSSR count). The minimum Gasteiger partial charge on any atom is -0.360 e. The number of benzene rings is 1. The summed E-state index contributed by atoms with van der Waals surface area (Å²) in [7, 11) is 1.77. The molecule has 0 saturated heterocycles. The van der Waals surface area contributed by atoms with Crippen molar-refractivity contribution < 1.29 is 0 Å². The fraction of sp³-hybridized carbons (Fsp3) is 0.263. The number of amidine groups is 1. The summed E-state index contributed by atoms with van der Waals surface area (Å²) in [4.78, 5) is 13.7. The first kappa shape index (κ1) is 17.3. The van der Waals surface area contributed by atoms with Crippen LogP contribution in [0.15, 0.2) is 57.5 Å². The van der Waals surface area contributed by atoms with Crippen LogP contribution in [0.3, 0.4) is 0 Å². The number of aromatic amines is 1. The summed E-state index contributed by atoms with van der Waals surface area (Å²) < 4.78 is 0. The monoisotopic (exact) mass is 355 g/mol. The number of H-pyrrole nitrogens is 1. The van der Waals surface area contributed by atoms with Crippen LogP contribution < -0.4 is 5.32 Å². The van der Waals surface area contributed by atoms with E-state index in [-0.39, 0.29) is 5.92 Å². The van der Waals surface area contributed by atoms with Crippen molar-refractivity contribution in [1.82, 2.24) is 15.2 Å². The molecule has 0 amide bonds. The Hall–Kier alpha value is -2.53. The number of nitrogens with zero attached hydrogens (tertiary/aromatic N) is 3. The molecule has 1 aliphatic rings. The minimum absolute atomic E-state index is 0.250. The van der Waals surface area contributed by atoms with Crippen molar-refractivity contribution in [3.05, 3.63) is 53.1 Å². The molecule has 2 aromatic rings. The highest BCUT2D eigenvalue weighted by Crippen LogP contribution is 2.34. The van der Waals surface area contributed by atoms with Crippen LogP contribution in [0.2, 0.25) is 0 Å². The van der Waals surface area contributed by atoms with Crippen molar-refractivity contribution in [3.8, 4) is 0 Å². The van der Waals surface area contributed by atoms with Gasteiger partial charge in [0.1, 0.15) is 11.0 Å². The number of hydrogen-bond donors (Lipinski definition) is 2. The number of aliphatic imine (C=N–C) groups is 2. The lowest BCUT2D eigenvalue weighted by Gasteiger charge is -2.35. The molecule has 0 spiro atoms. The molecule has 0 bridgehead atoms. The van der Waals surface area contributed by atoms with Gasteiger partial charge in [0.2, 0.25) is 0 Å². The highest BCUT2D eigenvalue weighted by molar-refractivity contribution is 6.33. The molecule has 0 radical (unpaired) electrons. The summed E-state index contributed by atoms with van der Waals surface area (Å²) in [6, 6.07) is 8.15. The van der Waals surface area contributed by atoms with E-state index in [9.17, 15) is 0 Å². The second-order valence-electron chi connectivity index (χ2n) is 6.19. The van der Waals surface area contributed by atoms with E-state index in [1.165, 1.54) is 0 Å². The van der Waals surface area contributed by atoms with Gasteiger partial charge in [-0.25, -0.2) is 0 Å². The van der Waals surface area contributed by atoms with Gasteiger partial charge in [0.05, 0.1) is 12.2 Å². The van der Waals surface area contributed by atoms with Crippen molar-refractivity contribution in [2.24, 2.45) is 15.9 Å². The molecule has 130 valence electrons. The molecule has 0 unspecified atom stereocenters. The van der Waals surface area contributed by atoms with E-state index in [1.54, 1.807) is 13.2 Å². The van der Waals surface area contributed by atoms with E-state index >= 15 is 0 Å². The highest BCUT2D eigenvalue weighted by atomic mass is 35.5. The number of halogens is 1. The van der Waals surface area contributed by atoms with Gasteiger partial charge in [-0.3, -0.25) is 9.98 Å². The summed E-state index contributed by atoms with van der Waals surface area (Å²) >= 11 is 6.81. The van der Waals surface area contributed by atoms with Gasteiger partial charge in [0.15, 0.2) is 0 Å². The quantitative estimate of drug-likeness (QED) is 0.639. The number of fused-ring (bicyclic) bond motifs is 1. The lowest BCUT2D eigenvalue weighted by atomic mass is 10.1. The van der Waals surface area contributed by atoms with Gasteiger partial charge in [-0.05, 0) is 18.7 Å². The fourth-order valence-electron chi connectivity index (χ4n) is 3.00. The second-order valence-corrected chi connectivity index (χ2v) is 6.54. The van der Waals surface area contributed by atoms with Crippen LogP contribution >= 0.6 is 11.6 Å². The molecule has 5 nitrogen and oxygen atoms in total. The number of para-hydroxylation sites is 1. The maximum absolute atomic E-state index is 6.81. The molecular formula is C19H22ClN5. The predicted molar refractivity (Wildman–Crippen MR) is 107 cm³/mol. The first-order valence-electron chi connectivity index (χ1n) is 8.19. The zero-order chi connectivity index (χ0) is 18.0. The Morgan fingerprint density at radius 2 is 2.12 bits per heavy atom. The van der Waals surface area contributed by atoms with Crippen molar-refractivity contribution in [1.29, 1.82) is 0 Å². The number of aromatic nitrogens is 1. The molecular weight excluding hydrogens is 334 g/mol. The van der Waals surface area contributed by atoms with E-state index < -0.39 is 0 Å². The fourth-order valence-corrected chi connectivity index (χ4v) is 3.31. The Morgan fingerprint density at radius 1 is 1.36 bits per heavy atom. The van der Waals surface area contributed by atoms with Crippen LogP contribution in [0, 0.1) is 5.92 Å². The first-order chi connectivity index (χ1) is 12.1. The third kappa shape index (κ3) is 3.20. The van der Waals surface area contributed by atoms with Crippen LogP contribution in [0.4, 0.5) is 0 Å². The van der Waals surface area contributed by atoms with E-state index in [1.807, 2.05) is 29.3 Å². The van der Waals surface area contributed by atoms with Crippen LogP contribution in [-0.2, 0) is 0 Å². The molecule has 2 N–H and O–H groups in total. The van der Waals surface area contributed by atoms with Gasteiger partial charge in [0, 0.05) is 41.6 Å². The van der Waals surface area contributed by atoms with Gasteiger partial charge in [-0.2, -0.15) is 0 Å². The molecule has 0 saturated carbocycles. The summed E-state index contributed by atoms with van der Waals surface area (Å²) in [6.07, 6.45) is 3.73. The largest absolute Gasteiger partial charge is 0.360 e. The summed E-state index contributed by atoms with van der Waals surface area (Å²) in [6.45, 7) is 8.38. The zero-order valence-corrected chi connectivity index (χ0v) is 15.4. The van der Waals surface area contributed by atoms with Gasteiger partial charge in [-0.1, -0.05) is 43.6 Å². The lowest BCUT2D eigenvalue weighted by Crippen LogP contribution is -2.42. The summed E-state index contributed by atoms with van der Waals surface area (Å²) in [5.41, 5.74) is 3.92. The van der Waals surface area contributed by atoms with E-state index in [2.05, 4.69) is 46.9 Å². The van der Waals surface area contributed by atoms with Crippen molar-refractivity contribution >= 4 is 40.8 Å². The van der Waals surface area contributed by atoms with Crippen LogP contribution in [0.1, 0.15) is 19.4 Å². The van der Waals surface area contributed by atoms with Gasteiger partial charge >= 0.3 is 0 Å². The number of allylic oxidation sites excluding steroid dienone is 1. The van der Waals surface area contributed by atoms with Crippen molar-refractivity contribution in [2.75, 3.05) is 13.6 Å². The molecule has 1 aliphatic heterocycles. The third-order valence-electron chi connectivity index (χ3n) is 4.28. The van der Waals surface area contributed by atoms with Crippen molar-refractivity contribution in [2.45, 2.75) is 13.8 Å². The van der Waals surface area contributed by atoms with E-state index in [0.29, 0.717) is 11.7 Å². The van der Waals surface area contributed by atoms with Crippen LogP contribution in [0.25, 0.3) is 16.6 Å². The van der Waals surface area contributed by atoms with E-state index in [4.69, 9.17) is 11.6 Å². The molecule has 0 fully saturated rings. The topological polar surface area (TPSA) is 55.8 Å². The molecule has 2 heterocycles.